The lowest BCUT2D eigenvalue weighted by molar-refractivity contribution is -0.349. The molecule has 1 fully saturated rings. The summed E-state index contributed by atoms with van der Waals surface area (Å²) < 4.78 is 47.9. The molecule has 30 heavy (non-hydrogen) atoms. The average molecular weight is 481 g/mol. The predicted octanol–water partition coefficient (Wildman–Crippen LogP) is 2.75. The molecule has 3 unspecified atom stereocenters. The van der Waals surface area contributed by atoms with Crippen molar-refractivity contribution in [2.75, 3.05) is 0 Å². The van der Waals surface area contributed by atoms with E-state index in [-0.39, 0.29) is 40.6 Å². The van der Waals surface area contributed by atoms with Gasteiger partial charge in [0.05, 0.1) is 6.61 Å². The van der Waals surface area contributed by atoms with E-state index in [0.29, 0.717) is 0 Å². The molecule has 162 valence electrons. The number of hydrogen-bond acceptors (Lipinski definition) is 9. The number of halogens is 2. The van der Waals surface area contributed by atoms with Crippen LogP contribution in [0.15, 0.2) is 29.2 Å². The first-order valence-electron chi connectivity index (χ1n) is 8.61. The average Bonchev–Trinajstić information content (AvgIpc) is 3.15. The van der Waals surface area contributed by atoms with Gasteiger partial charge in [-0.25, -0.2) is 13.5 Å². The van der Waals surface area contributed by atoms with Crippen LogP contribution in [0.3, 0.4) is 0 Å². The fourth-order valence-electron chi connectivity index (χ4n) is 3.09. The Labute approximate surface area is 178 Å². The number of fused-ring (bicyclic) bond motifs is 1. The van der Waals surface area contributed by atoms with Crippen molar-refractivity contribution in [3.63, 3.8) is 0 Å². The zero-order chi connectivity index (χ0) is 21.7. The van der Waals surface area contributed by atoms with Gasteiger partial charge in [-0.05, 0) is 43.3 Å². The van der Waals surface area contributed by atoms with Gasteiger partial charge in [-0.15, -0.1) is 0 Å². The van der Waals surface area contributed by atoms with E-state index in [1.165, 1.54) is 16.8 Å². The van der Waals surface area contributed by atoms with Crippen molar-refractivity contribution in [1.29, 1.82) is 0 Å². The van der Waals surface area contributed by atoms with Crippen molar-refractivity contribution >= 4 is 31.6 Å². The highest BCUT2D eigenvalue weighted by atomic mass is 35.5. The minimum atomic E-state index is -4.45. The Bertz CT molecular complexity index is 1150. The van der Waals surface area contributed by atoms with Crippen LogP contribution in [0, 0.1) is 10.6 Å². The van der Waals surface area contributed by atoms with Gasteiger partial charge in [0.2, 0.25) is 0 Å². The first-order valence-corrected chi connectivity index (χ1v) is 10.9. The van der Waals surface area contributed by atoms with Crippen LogP contribution in [0.5, 0.6) is 5.75 Å². The first-order chi connectivity index (χ1) is 14.1. The molecule has 1 aromatic heterocycles. The van der Waals surface area contributed by atoms with Crippen LogP contribution in [-0.2, 0) is 25.0 Å². The van der Waals surface area contributed by atoms with Crippen molar-refractivity contribution in [3.8, 4) is 5.75 Å². The highest BCUT2D eigenvalue weighted by molar-refractivity contribution is 7.71. The van der Waals surface area contributed by atoms with E-state index in [9.17, 15) is 24.0 Å². The Kier molecular flexibility index (Phi) is 5.62. The molecule has 3 N–H and O–H groups in total. The largest absolute Gasteiger partial charge is 0.534 e. The molecular weight excluding hydrogens is 466 g/mol. The number of ether oxygens (including phenoxy) is 1. The Morgan fingerprint density at radius 1 is 1.40 bits per heavy atom. The third-order valence-electron chi connectivity index (χ3n) is 4.51. The highest BCUT2D eigenvalue weighted by Crippen LogP contribution is 2.57. The molecule has 0 radical (unpaired) electrons. The second kappa shape index (κ2) is 7.81. The molecule has 4 rings (SSSR count). The summed E-state index contributed by atoms with van der Waals surface area (Å²) in [5, 5.41) is 20.6. The predicted molar refractivity (Wildman–Crippen MR) is 102 cm³/mol. The highest BCUT2D eigenvalue weighted by Gasteiger charge is 2.50. The lowest BCUT2D eigenvalue weighted by atomic mass is 10.2. The fraction of sp³-hybridized carbons (Fsp3) is 0.375. The Balaban J connectivity index is 1.49. The van der Waals surface area contributed by atoms with E-state index in [0.717, 1.165) is 12.1 Å². The smallest absolute Gasteiger partial charge is 0.404 e. The number of nitrogens with zero attached hydrogens (tertiary/aromatic N) is 1. The van der Waals surface area contributed by atoms with E-state index in [1.54, 1.807) is 0 Å². The normalized spacial score (nSPS) is 26.3. The van der Waals surface area contributed by atoms with Crippen LogP contribution in [0.1, 0.15) is 24.6 Å². The van der Waals surface area contributed by atoms with E-state index in [1.807, 2.05) is 0 Å². The van der Waals surface area contributed by atoms with Gasteiger partial charge < -0.3 is 19.5 Å². The number of H-pyrrole nitrogens is 1. The molecule has 2 aliphatic heterocycles. The third-order valence-corrected chi connectivity index (χ3v) is 6.45. The third kappa shape index (κ3) is 4.23. The monoisotopic (exact) mass is 480 g/mol. The van der Waals surface area contributed by atoms with Crippen LogP contribution < -0.4 is 10.1 Å². The Morgan fingerprint density at radius 3 is 2.93 bits per heavy atom. The summed E-state index contributed by atoms with van der Waals surface area (Å²) in [6.07, 6.45) is -0.571. The summed E-state index contributed by atoms with van der Waals surface area (Å²) >= 11 is 10.9. The quantitative estimate of drug-likeness (QED) is 0.343. The summed E-state index contributed by atoms with van der Waals surface area (Å²) in [7, 11) is -4.45. The van der Waals surface area contributed by atoms with Gasteiger partial charge in [0.25, 0.3) is 5.56 Å². The number of benzene rings is 1. The van der Waals surface area contributed by atoms with Gasteiger partial charge in [-0.2, -0.15) is 0 Å². The number of phosphoric ester groups is 1. The summed E-state index contributed by atoms with van der Waals surface area (Å²) in [4.78, 5) is 13.9. The van der Waals surface area contributed by atoms with E-state index in [4.69, 9.17) is 42.1 Å². The number of aliphatic hydroxyl groups is 2. The van der Waals surface area contributed by atoms with E-state index in [2.05, 4.69) is 4.98 Å². The maximum absolute atomic E-state index is 13.3. The second-order valence-corrected chi connectivity index (χ2v) is 8.93. The van der Waals surface area contributed by atoms with Crippen LogP contribution in [-0.4, -0.2) is 31.8 Å². The molecule has 2 aromatic rings. The van der Waals surface area contributed by atoms with Crippen molar-refractivity contribution in [3.05, 3.63) is 55.9 Å². The van der Waals surface area contributed by atoms with Gasteiger partial charge in [0.15, 0.2) is 4.77 Å². The van der Waals surface area contributed by atoms with E-state index >= 15 is 0 Å². The van der Waals surface area contributed by atoms with Gasteiger partial charge in [0.1, 0.15) is 28.9 Å². The van der Waals surface area contributed by atoms with Gasteiger partial charge in [-0.1, -0.05) is 11.6 Å². The van der Waals surface area contributed by atoms with Crippen molar-refractivity contribution in [2.45, 2.75) is 37.8 Å². The summed E-state index contributed by atoms with van der Waals surface area (Å²) in [6.45, 7) is -0.320. The molecule has 0 saturated carbocycles. The minimum absolute atomic E-state index is 0.0213. The summed E-state index contributed by atoms with van der Waals surface area (Å²) in [5.41, 5.74) is -0.285. The second-order valence-electron chi connectivity index (χ2n) is 6.61. The molecule has 10 nitrogen and oxygen atoms in total. The van der Waals surface area contributed by atoms with Crippen LogP contribution in [0.4, 0.5) is 4.39 Å². The molecular formula is C16H15ClFN2O8PS. The van der Waals surface area contributed by atoms with Crippen LogP contribution in [0.2, 0.25) is 5.02 Å². The lowest BCUT2D eigenvalue weighted by Crippen LogP contribution is -2.44. The molecule has 0 spiro atoms. The SMILES string of the molecule is O=c1[nH]c(=S)n(C2CCC(C(O)(O)OP3(=O)OCc4cc(F)ccc4O3)O2)cc1Cl. The lowest BCUT2D eigenvalue weighted by Gasteiger charge is -2.32. The maximum Gasteiger partial charge on any atom is 0.534 e. The number of nitrogens with one attached hydrogen (secondary N) is 1. The van der Waals surface area contributed by atoms with Gasteiger partial charge in [-0.3, -0.25) is 18.9 Å². The van der Waals surface area contributed by atoms with Crippen molar-refractivity contribution in [1.82, 2.24) is 9.55 Å². The van der Waals surface area contributed by atoms with Gasteiger partial charge >= 0.3 is 13.8 Å². The molecule has 1 saturated heterocycles. The van der Waals surface area contributed by atoms with Crippen LogP contribution in [0.25, 0.3) is 0 Å². The topological polar surface area (TPSA) is 132 Å². The molecule has 3 atom stereocenters. The Morgan fingerprint density at radius 2 is 2.17 bits per heavy atom. The van der Waals surface area contributed by atoms with Crippen LogP contribution >= 0.6 is 31.6 Å². The molecule has 1 aromatic carbocycles. The number of aromatic nitrogens is 2. The van der Waals surface area contributed by atoms with Crippen molar-refractivity contribution in [2.24, 2.45) is 0 Å². The Hall–Kier alpha value is -1.63. The molecule has 0 bridgehead atoms. The first kappa shape index (κ1) is 21.6. The van der Waals surface area contributed by atoms with Gasteiger partial charge in [0, 0.05) is 11.8 Å². The zero-order valence-electron chi connectivity index (χ0n) is 15.0. The number of hydrogen-bond donors (Lipinski definition) is 3. The standard InChI is InChI=1S/C16H15ClFN2O8PS/c17-10-6-20(15(30)19-14(10)21)13-4-3-12(26-13)16(22,23)28-29(24)25-7-8-5-9(18)1-2-11(8)27-29/h1-2,5-6,12-13,22-23H,3-4,7H2,(H,19,21,30). The number of aromatic amines is 1. The van der Waals surface area contributed by atoms with E-state index < -0.39 is 37.5 Å². The molecule has 3 heterocycles. The fourth-order valence-corrected chi connectivity index (χ4v) is 4.81. The van der Waals surface area contributed by atoms with Crippen molar-refractivity contribution < 1.29 is 37.5 Å². The summed E-state index contributed by atoms with van der Waals surface area (Å²) in [6, 6.07) is 3.44. The number of phosphoric acid groups is 1. The molecule has 14 heteroatoms. The minimum Gasteiger partial charge on any atom is -0.404 e. The zero-order valence-corrected chi connectivity index (χ0v) is 17.5. The molecule has 2 aliphatic rings. The maximum atomic E-state index is 13.3. The molecule has 0 aliphatic carbocycles. The number of rotatable bonds is 4. The summed E-state index contributed by atoms with van der Waals surface area (Å²) in [5.74, 6) is -3.56. The molecule has 0 amide bonds.